The molecular weight excluding hydrogens is 541 g/mol. The van der Waals surface area contributed by atoms with Crippen LogP contribution in [0.4, 0.5) is 0 Å². The van der Waals surface area contributed by atoms with Crippen LogP contribution in [0.2, 0.25) is 10.0 Å². The number of amides is 1. The largest absolute Gasteiger partial charge is 0.506 e. The first kappa shape index (κ1) is 26.4. The van der Waals surface area contributed by atoms with Crippen LogP contribution in [0, 0.1) is 0 Å². The Kier molecular flexibility index (Phi) is 7.37. The molecule has 0 unspecified atom stereocenters. The second-order valence-electron chi connectivity index (χ2n) is 8.83. The zero-order valence-electron chi connectivity index (χ0n) is 21.0. The van der Waals surface area contributed by atoms with Crippen molar-refractivity contribution in [1.82, 2.24) is 5.32 Å². The van der Waals surface area contributed by atoms with Crippen molar-refractivity contribution < 1.29 is 23.8 Å². The topological polar surface area (TPSA) is 98.0 Å². The summed E-state index contributed by atoms with van der Waals surface area (Å²) in [7, 11) is 3.16. The molecule has 3 aromatic rings. The minimum absolute atomic E-state index is 0.0497. The molecule has 0 atom stereocenters. The first-order valence-electron chi connectivity index (χ1n) is 12.0. The second-order valence-corrected chi connectivity index (χ2v) is 9.64. The summed E-state index contributed by atoms with van der Waals surface area (Å²) in [6, 6.07) is 18.5. The van der Waals surface area contributed by atoms with Gasteiger partial charge < -0.3 is 24.3 Å². The van der Waals surface area contributed by atoms with Crippen LogP contribution in [-0.4, -0.2) is 31.8 Å². The fourth-order valence-corrected chi connectivity index (χ4v) is 4.79. The maximum Gasteiger partial charge on any atom is 0.251 e. The Hall–Kier alpha value is -4.20. The summed E-state index contributed by atoms with van der Waals surface area (Å²) in [6.07, 6.45) is 0.617. The zero-order chi connectivity index (χ0) is 27.7. The van der Waals surface area contributed by atoms with Gasteiger partial charge in [0.25, 0.3) is 5.91 Å². The van der Waals surface area contributed by atoms with E-state index in [2.05, 4.69) is 5.32 Å². The molecule has 1 aliphatic heterocycles. The van der Waals surface area contributed by atoms with Crippen LogP contribution in [0.3, 0.4) is 0 Å². The van der Waals surface area contributed by atoms with Crippen molar-refractivity contribution in [1.29, 1.82) is 0 Å². The highest BCUT2D eigenvalue weighted by molar-refractivity contribution is 6.33. The lowest BCUT2D eigenvalue weighted by atomic mass is 9.93. The summed E-state index contributed by atoms with van der Waals surface area (Å²) < 4.78 is 16.5. The lowest BCUT2D eigenvalue weighted by Crippen LogP contribution is -2.25. The lowest BCUT2D eigenvalue weighted by Gasteiger charge is -2.16. The highest BCUT2D eigenvalue weighted by Crippen LogP contribution is 2.43. The molecule has 7 nitrogen and oxygen atoms in total. The van der Waals surface area contributed by atoms with Gasteiger partial charge in [0.2, 0.25) is 5.43 Å². The Labute approximate surface area is 233 Å². The Morgan fingerprint density at radius 1 is 0.923 bits per heavy atom. The Bertz CT molecular complexity index is 1730. The predicted molar refractivity (Wildman–Crippen MR) is 152 cm³/mol. The van der Waals surface area contributed by atoms with Crippen molar-refractivity contribution in [2.45, 2.75) is 6.42 Å². The van der Waals surface area contributed by atoms with Gasteiger partial charge in [-0.05, 0) is 53.9 Å². The van der Waals surface area contributed by atoms with E-state index >= 15 is 0 Å². The van der Waals surface area contributed by atoms with E-state index in [0.29, 0.717) is 57.9 Å². The molecule has 9 heteroatoms. The number of carbonyl (C=O) groups is 1. The van der Waals surface area contributed by atoms with Crippen LogP contribution in [0.15, 0.2) is 75.9 Å². The van der Waals surface area contributed by atoms with Crippen LogP contribution in [0.5, 0.6) is 17.2 Å². The van der Waals surface area contributed by atoms with E-state index in [1.165, 1.54) is 12.1 Å². The van der Waals surface area contributed by atoms with Crippen LogP contribution < -0.4 is 20.2 Å². The summed E-state index contributed by atoms with van der Waals surface area (Å²) in [5, 5.41) is 13.9. The summed E-state index contributed by atoms with van der Waals surface area (Å²) in [4.78, 5) is 25.0. The molecule has 1 aliphatic carbocycles. The summed E-state index contributed by atoms with van der Waals surface area (Å²) in [6.45, 7) is 0.434. The first-order chi connectivity index (χ1) is 18.8. The van der Waals surface area contributed by atoms with E-state index in [1.54, 1.807) is 50.6 Å². The number of ether oxygens (including phenoxy) is 2. The molecule has 0 bridgehead atoms. The number of carbonyl (C=O) groups excluding carboxylic acids is 1. The Morgan fingerprint density at radius 3 is 2.38 bits per heavy atom. The van der Waals surface area contributed by atoms with Crippen molar-refractivity contribution >= 4 is 40.1 Å². The molecule has 39 heavy (non-hydrogen) atoms. The fourth-order valence-electron chi connectivity index (χ4n) is 4.46. The standard InChI is InChI=1S/C30H23Cl2NO6/c1-37-25-8-3-16(11-28(25)38-2)9-10-33-30(36)18-6-4-17(5-7-18)29-19-12-21(31)23(34)14-26(19)39-27-15-24(35)22(32)13-20(27)29/h3-8,11-15,34H,9-10H2,1-2H3,(H,33,36). The normalized spacial score (nSPS) is 11.1. The third-order valence-electron chi connectivity index (χ3n) is 6.42. The maximum absolute atomic E-state index is 12.8. The number of phenols is 1. The highest BCUT2D eigenvalue weighted by Gasteiger charge is 2.20. The van der Waals surface area contributed by atoms with Crippen molar-refractivity contribution in [2.24, 2.45) is 0 Å². The summed E-state index contributed by atoms with van der Waals surface area (Å²) >= 11 is 12.4. The number of rotatable bonds is 7. The Morgan fingerprint density at radius 2 is 1.67 bits per heavy atom. The number of fused-ring (bicyclic) bond motifs is 2. The Balaban J connectivity index is 1.42. The van der Waals surface area contributed by atoms with Crippen molar-refractivity contribution in [3.05, 3.63) is 98.1 Å². The van der Waals surface area contributed by atoms with Gasteiger partial charge in [-0.1, -0.05) is 41.4 Å². The van der Waals surface area contributed by atoms with Crippen LogP contribution in [-0.2, 0) is 6.42 Å². The number of methoxy groups -OCH3 is 2. The number of halogens is 2. The third kappa shape index (κ3) is 5.24. The van der Waals surface area contributed by atoms with Gasteiger partial charge in [0.05, 0.1) is 24.3 Å². The van der Waals surface area contributed by atoms with Crippen molar-refractivity contribution in [3.8, 4) is 39.7 Å². The molecule has 3 aromatic carbocycles. The number of nitrogens with one attached hydrogen (secondary N) is 1. The fraction of sp³-hybridized carbons (Fsp3) is 0.133. The number of aromatic hydroxyl groups is 1. The van der Waals surface area contributed by atoms with E-state index in [1.807, 2.05) is 18.2 Å². The van der Waals surface area contributed by atoms with Crippen LogP contribution >= 0.6 is 23.2 Å². The van der Waals surface area contributed by atoms with E-state index in [4.69, 9.17) is 37.1 Å². The lowest BCUT2D eigenvalue weighted by molar-refractivity contribution is 0.0954. The molecule has 2 N–H and O–H groups in total. The maximum atomic E-state index is 12.8. The summed E-state index contributed by atoms with van der Waals surface area (Å²) in [5.74, 6) is 1.23. The van der Waals surface area contributed by atoms with Gasteiger partial charge in [-0.3, -0.25) is 9.59 Å². The molecule has 5 rings (SSSR count). The summed E-state index contributed by atoms with van der Waals surface area (Å²) in [5.41, 5.74) is 3.50. The SMILES string of the molecule is COc1ccc(CCNC(=O)c2ccc(-c3c4cc(Cl)c(=O)cc-4oc4cc(O)c(Cl)cc34)cc2)cc1OC. The molecule has 2 aliphatic rings. The monoisotopic (exact) mass is 563 g/mol. The van der Waals surface area contributed by atoms with Gasteiger partial charge in [-0.2, -0.15) is 0 Å². The smallest absolute Gasteiger partial charge is 0.251 e. The molecule has 0 radical (unpaired) electrons. The molecule has 1 amide bonds. The number of hydrogen-bond acceptors (Lipinski definition) is 6. The van der Waals surface area contributed by atoms with Crippen LogP contribution in [0.1, 0.15) is 15.9 Å². The number of phenolic OH excluding ortho intramolecular Hbond substituents is 1. The molecule has 0 aromatic heterocycles. The second kappa shape index (κ2) is 10.9. The predicted octanol–water partition coefficient (Wildman–Crippen LogP) is 6.57. The van der Waals surface area contributed by atoms with E-state index in [-0.39, 0.29) is 27.1 Å². The number of hydrogen-bond donors (Lipinski definition) is 2. The van der Waals surface area contributed by atoms with Gasteiger partial charge in [0, 0.05) is 40.8 Å². The molecule has 1 heterocycles. The molecule has 0 spiro atoms. The number of benzene rings is 4. The zero-order valence-corrected chi connectivity index (χ0v) is 22.5. The molecular formula is C30H23Cl2NO6. The highest BCUT2D eigenvalue weighted by atomic mass is 35.5. The molecule has 0 fully saturated rings. The minimum Gasteiger partial charge on any atom is -0.506 e. The average molecular weight is 564 g/mol. The molecule has 0 saturated carbocycles. The van der Waals surface area contributed by atoms with Crippen molar-refractivity contribution in [3.63, 3.8) is 0 Å². The van der Waals surface area contributed by atoms with Gasteiger partial charge in [-0.15, -0.1) is 0 Å². The third-order valence-corrected chi connectivity index (χ3v) is 7.02. The molecule has 198 valence electrons. The van der Waals surface area contributed by atoms with E-state index in [0.717, 1.165) is 11.1 Å². The van der Waals surface area contributed by atoms with Gasteiger partial charge in [-0.25, -0.2) is 0 Å². The van der Waals surface area contributed by atoms with Gasteiger partial charge in [0.15, 0.2) is 11.5 Å². The van der Waals surface area contributed by atoms with Gasteiger partial charge >= 0.3 is 0 Å². The van der Waals surface area contributed by atoms with E-state index in [9.17, 15) is 14.7 Å². The van der Waals surface area contributed by atoms with Crippen molar-refractivity contribution in [2.75, 3.05) is 20.8 Å². The van der Waals surface area contributed by atoms with Crippen LogP contribution in [0.25, 0.3) is 33.4 Å². The quantitative estimate of drug-likeness (QED) is 0.217. The molecule has 0 saturated heterocycles. The van der Waals surface area contributed by atoms with E-state index < -0.39 is 0 Å². The van der Waals surface area contributed by atoms with Gasteiger partial charge in [0.1, 0.15) is 17.1 Å². The minimum atomic E-state index is -0.378. The average Bonchev–Trinajstić information content (AvgIpc) is 2.93. The first-order valence-corrected chi connectivity index (χ1v) is 12.7.